The summed E-state index contributed by atoms with van der Waals surface area (Å²) in [7, 11) is -2.59. The van der Waals surface area contributed by atoms with E-state index in [9.17, 15) is 19.0 Å². The fraction of sp³-hybridized carbons (Fsp3) is 0.636. The number of aromatic nitrogens is 1. The van der Waals surface area contributed by atoms with Crippen molar-refractivity contribution in [3.05, 3.63) is 47.2 Å². The third-order valence-corrected chi connectivity index (χ3v) is 11.2. The summed E-state index contributed by atoms with van der Waals surface area (Å²) in [6, 6.07) is 7.26. The summed E-state index contributed by atoms with van der Waals surface area (Å²) in [5.41, 5.74) is 3.00. The van der Waals surface area contributed by atoms with Gasteiger partial charge in [-0.1, -0.05) is 26.8 Å². The molecule has 0 bridgehead atoms. The highest BCUT2D eigenvalue weighted by Gasteiger charge is 2.46. The Kier molecular flexibility index (Phi) is 8.80. The minimum absolute atomic E-state index is 0.0355. The van der Waals surface area contributed by atoms with Gasteiger partial charge in [0.15, 0.2) is 11.5 Å². The van der Waals surface area contributed by atoms with Gasteiger partial charge in [-0.2, -0.15) is 10.6 Å². The molecule has 1 aromatic heterocycles. The first-order chi connectivity index (χ1) is 20.9. The lowest BCUT2D eigenvalue weighted by molar-refractivity contribution is -0.123. The average molecular weight is 630 g/mol. The lowest BCUT2D eigenvalue weighted by atomic mass is 9.73. The molecule has 44 heavy (non-hydrogen) atoms. The van der Waals surface area contributed by atoms with E-state index in [1.807, 2.05) is 24.4 Å². The Balaban J connectivity index is 1.17. The molecule has 10 nitrogen and oxygen atoms in total. The third-order valence-electron chi connectivity index (χ3n) is 9.31. The van der Waals surface area contributed by atoms with Crippen LogP contribution < -0.4 is 24.8 Å². The zero-order valence-corrected chi connectivity index (χ0v) is 26.8. The predicted molar refractivity (Wildman–Crippen MR) is 169 cm³/mol. The van der Waals surface area contributed by atoms with E-state index in [2.05, 4.69) is 37.5 Å². The second kappa shape index (κ2) is 12.3. The van der Waals surface area contributed by atoms with Gasteiger partial charge in [0, 0.05) is 48.7 Å². The van der Waals surface area contributed by atoms with Crippen LogP contribution in [0.4, 0.5) is 0 Å². The van der Waals surface area contributed by atoms with Gasteiger partial charge in [-0.3, -0.25) is 13.9 Å². The molecule has 1 aliphatic carbocycles. The zero-order valence-electron chi connectivity index (χ0n) is 26.0. The molecular weight excluding hydrogens is 582 g/mol. The Morgan fingerprint density at radius 1 is 1.16 bits per heavy atom. The molecule has 1 unspecified atom stereocenters. The summed E-state index contributed by atoms with van der Waals surface area (Å²) in [6.45, 7) is 7.08. The quantitative estimate of drug-likeness (QED) is 0.246. The lowest BCUT2D eigenvalue weighted by Gasteiger charge is -2.47. The van der Waals surface area contributed by atoms with Crippen LogP contribution in [0, 0.1) is 11.3 Å². The number of pyridine rings is 1. The second-order valence-electron chi connectivity index (χ2n) is 14.4. The van der Waals surface area contributed by atoms with Crippen LogP contribution in [0.1, 0.15) is 82.0 Å². The highest BCUT2D eigenvalue weighted by atomic mass is 32.3. The van der Waals surface area contributed by atoms with Gasteiger partial charge in [0.25, 0.3) is 0 Å². The van der Waals surface area contributed by atoms with Crippen molar-refractivity contribution in [3.8, 4) is 17.4 Å². The molecule has 242 valence electrons. The number of benzene rings is 1. The van der Waals surface area contributed by atoms with Gasteiger partial charge in [0.2, 0.25) is 18.6 Å². The number of nitrogens with one attached hydrogen (secondary N) is 2. The number of fused-ring (bicyclic) bond motifs is 2. The standard InChI is InChI=1S/C33H47N3O7S/c1-32(2,3)15-23-11-24-26(16-33(8-4-9-33)43-31(24)35-17-23)34-18-27(37)25(12-21-5-6-28-29(13-21)42-20-41-28)36-30(38)14-22-7-10-44(39,40)19-22/h5-6,11,13,17,22,25-27,34,37,39-40H,4,7-10,12,14-16,18-20H2,1-3H3,(H,36,38)/t22?,25-,26-,27-/m0/s1. The normalized spacial score (nSPS) is 25.0. The van der Waals surface area contributed by atoms with E-state index in [1.54, 1.807) is 0 Å². The highest BCUT2D eigenvalue weighted by Crippen LogP contribution is 2.50. The largest absolute Gasteiger partial charge is 0.471 e. The van der Waals surface area contributed by atoms with Gasteiger partial charge in [0.1, 0.15) is 5.60 Å². The Morgan fingerprint density at radius 2 is 1.95 bits per heavy atom. The smallest absolute Gasteiger partial charge is 0.231 e. The van der Waals surface area contributed by atoms with Crippen molar-refractivity contribution in [3.63, 3.8) is 0 Å². The topological polar surface area (TPSA) is 142 Å². The molecule has 1 aromatic carbocycles. The van der Waals surface area contributed by atoms with Gasteiger partial charge >= 0.3 is 0 Å². The summed E-state index contributed by atoms with van der Waals surface area (Å²) in [5, 5.41) is 18.3. The monoisotopic (exact) mass is 629 g/mol. The van der Waals surface area contributed by atoms with E-state index in [-0.39, 0.29) is 54.4 Å². The summed E-state index contributed by atoms with van der Waals surface area (Å²) in [4.78, 5) is 17.9. The number of ether oxygens (including phenoxy) is 3. The van der Waals surface area contributed by atoms with Crippen LogP contribution in [0.5, 0.6) is 17.4 Å². The fourth-order valence-corrected chi connectivity index (χ4v) is 8.86. The summed E-state index contributed by atoms with van der Waals surface area (Å²) >= 11 is 0. The number of rotatable bonds is 10. The molecule has 1 amide bonds. The number of aliphatic hydroxyl groups excluding tert-OH is 1. The van der Waals surface area contributed by atoms with Gasteiger partial charge in [0.05, 0.1) is 12.1 Å². The van der Waals surface area contributed by atoms with Crippen molar-refractivity contribution in [1.82, 2.24) is 15.6 Å². The van der Waals surface area contributed by atoms with E-state index >= 15 is 0 Å². The van der Waals surface area contributed by atoms with Crippen LogP contribution in [-0.4, -0.2) is 67.7 Å². The van der Waals surface area contributed by atoms with Crippen molar-refractivity contribution >= 4 is 16.5 Å². The summed E-state index contributed by atoms with van der Waals surface area (Å²) in [6.07, 6.45) is 7.07. The van der Waals surface area contributed by atoms with E-state index < -0.39 is 22.7 Å². The van der Waals surface area contributed by atoms with Crippen molar-refractivity contribution < 1.29 is 33.2 Å². The first kappa shape index (κ1) is 31.4. The number of nitrogens with zero attached hydrogens (tertiary/aromatic N) is 1. The number of hydrogen-bond acceptors (Lipinski definition) is 9. The number of amides is 1. The Labute approximate surface area is 261 Å². The molecule has 6 rings (SSSR count). The van der Waals surface area contributed by atoms with E-state index in [0.29, 0.717) is 36.0 Å². The molecular formula is C33H47N3O7S. The van der Waals surface area contributed by atoms with Crippen LogP contribution in [0.3, 0.4) is 0 Å². The molecule has 0 radical (unpaired) electrons. The maximum absolute atomic E-state index is 13.2. The van der Waals surface area contributed by atoms with E-state index in [4.69, 9.17) is 19.2 Å². The molecule has 4 aliphatic rings. The van der Waals surface area contributed by atoms with Crippen LogP contribution in [0.25, 0.3) is 0 Å². The number of carbonyl (C=O) groups excluding carboxylic acids is 1. The zero-order chi connectivity index (χ0) is 31.1. The molecule has 4 atom stereocenters. The molecule has 4 heterocycles. The predicted octanol–water partition coefficient (Wildman–Crippen LogP) is 4.98. The summed E-state index contributed by atoms with van der Waals surface area (Å²) in [5.74, 6) is 2.34. The van der Waals surface area contributed by atoms with Crippen molar-refractivity contribution in [2.45, 2.75) is 95.9 Å². The molecule has 1 spiro atoms. The maximum Gasteiger partial charge on any atom is 0.231 e. The summed E-state index contributed by atoms with van der Waals surface area (Å²) < 4.78 is 37.5. The Hall–Kier alpha value is -2.57. The van der Waals surface area contributed by atoms with Crippen molar-refractivity contribution in [1.29, 1.82) is 0 Å². The molecule has 2 aromatic rings. The first-order valence-corrected chi connectivity index (χ1v) is 17.7. The van der Waals surface area contributed by atoms with Gasteiger partial charge < -0.3 is 30.0 Å². The van der Waals surface area contributed by atoms with Gasteiger partial charge in [-0.05, 0) is 79.2 Å². The molecule has 1 saturated carbocycles. The Bertz CT molecular complexity index is 1360. The first-order valence-electron chi connectivity index (χ1n) is 15.9. The minimum atomic E-state index is -2.59. The third kappa shape index (κ3) is 7.45. The minimum Gasteiger partial charge on any atom is -0.471 e. The fourth-order valence-electron chi connectivity index (χ4n) is 6.95. The molecule has 1 saturated heterocycles. The van der Waals surface area contributed by atoms with Gasteiger partial charge in [-0.25, -0.2) is 4.98 Å². The number of aliphatic hydroxyl groups is 1. The highest BCUT2D eigenvalue weighted by molar-refractivity contribution is 8.24. The molecule has 11 heteroatoms. The second-order valence-corrected chi connectivity index (χ2v) is 16.8. The maximum atomic E-state index is 13.2. The van der Waals surface area contributed by atoms with E-state index in [0.717, 1.165) is 48.8 Å². The van der Waals surface area contributed by atoms with Crippen LogP contribution in [-0.2, 0) is 17.6 Å². The molecule has 3 aliphatic heterocycles. The van der Waals surface area contributed by atoms with Crippen LogP contribution in [0.2, 0.25) is 0 Å². The molecule has 5 N–H and O–H groups in total. The SMILES string of the molecule is CC(C)(C)Cc1cnc2c(c1)[C@@H](NC[C@H](O)[C@H](Cc1ccc3c(c1)OCO3)NC(=O)CC1CCS(O)(O)C1)CC1(CCC1)O2. The van der Waals surface area contributed by atoms with Crippen molar-refractivity contribution in [2.24, 2.45) is 11.3 Å². The number of carbonyl (C=O) groups is 1. The van der Waals surface area contributed by atoms with Gasteiger partial charge in [-0.15, -0.1) is 0 Å². The molecule has 2 fully saturated rings. The lowest BCUT2D eigenvalue weighted by Crippen LogP contribution is -2.52. The van der Waals surface area contributed by atoms with Crippen LogP contribution >= 0.6 is 10.6 Å². The number of hydrogen-bond donors (Lipinski definition) is 5. The average Bonchev–Trinajstić information content (AvgIpc) is 3.54. The van der Waals surface area contributed by atoms with Crippen LogP contribution in [0.15, 0.2) is 30.5 Å². The van der Waals surface area contributed by atoms with Crippen molar-refractivity contribution in [2.75, 3.05) is 24.8 Å². The Morgan fingerprint density at radius 3 is 2.66 bits per heavy atom. The van der Waals surface area contributed by atoms with E-state index in [1.165, 1.54) is 0 Å².